The van der Waals surface area contributed by atoms with Crippen LogP contribution in [0.1, 0.15) is 35.4 Å². The van der Waals surface area contributed by atoms with Crippen LogP contribution in [0.4, 0.5) is 17.1 Å². The summed E-state index contributed by atoms with van der Waals surface area (Å²) in [6.07, 6.45) is 2.10. The number of allylic oxidation sites excluding steroid dienone is 2. The van der Waals surface area contributed by atoms with Gasteiger partial charge in [0.25, 0.3) is 17.5 Å². The number of anilines is 2. The molecule has 0 bridgehead atoms. The fourth-order valence-corrected chi connectivity index (χ4v) is 8.99. The number of nitrogens with one attached hydrogen (secondary N) is 1. The third kappa shape index (κ3) is 4.74. The van der Waals surface area contributed by atoms with Crippen molar-refractivity contribution in [3.63, 3.8) is 0 Å². The Morgan fingerprint density at radius 2 is 1.63 bits per heavy atom. The van der Waals surface area contributed by atoms with Crippen LogP contribution in [0.2, 0.25) is 0 Å². The largest absolute Gasteiger partial charge is 0.508 e. The van der Waals surface area contributed by atoms with E-state index in [1.807, 2.05) is 43.3 Å². The number of aromatic hydroxyl groups is 1. The number of carbonyl (C=O) groups excluding carboxylic acids is 4. The molecule has 4 aromatic carbocycles. The Hall–Kier alpha value is -6.30. The van der Waals surface area contributed by atoms with Gasteiger partial charge in [0.2, 0.25) is 11.8 Å². The molecule has 6 atom stereocenters. The van der Waals surface area contributed by atoms with Gasteiger partial charge in [0.05, 0.1) is 46.6 Å². The first-order chi connectivity index (χ1) is 25.1. The maximum Gasteiger partial charge on any atom is 0.271 e. The zero-order valence-electron chi connectivity index (χ0n) is 28.3. The maximum absolute atomic E-state index is 15.2. The Labute approximate surface area is 298 Å². The van der Waals surface area contributed by atoms with Gasteiger partial charge in [-0.25, -0.2) is 4.90 Å². The lowest BCUT2D eigenvalue weighted by Gasteiger charge is -2.50. The molecule has 12 nitrogen and oxygen atoms in total. The summed E-state index contributed by atoms with van der Waals surface area (Å²) in [5, 5.41) is 24.3. The van der Waals surface area contributed by atoms with Crippen molar-refractivity contribution in [1.29, 1.82) is 0 Å². The molecule has 2 aliphatic heterocycles. The number of phenols is 1. The van der Waals surface area contributed by atoms with Crippen LogP contribution in [0.3, 0.4) is 0 Å². The van der Waals surface area contributed by atoms with Crippen molar-refractivity contribution in [2.75, 3.05) is 17.4 Å². The monoisotopic (exact) mass is 698 g/mol. The Kier molecular flexibility index (Phi) is 7.70. The quantitative estimate of drug-likeness (QED) is 0.105. The predicted octanol–water partition coefficient (Wildman–Crippen LogP) is 5.81. The number of nitro benzene ring substituents is 1. The molecule has 0 radical (unpaired) electrons. The Balaban J connectivity index is 1.31. The molecular weight excluding hydrogens is 664 g/mol. The average Bonchev–Trinajstić information content (AvgIpc) is 3.53. The fraction of sp³-hybridized carbons (Fsp3) is 0.250. The minimum atomic E-state index is -1.55. The van der Waals surface area contributed by atoms with E-state index in [1.54, 1.807) is 36.4 Å². The van der Waals surface area contributed by atoms with Gasteiger partial charge in [-0.3, -0.25) is 34.7 Å². The van der Waals surface area contributed by atoms with Crippen LogP contribution in [0.15, 0.2) is 109 Å². The van der Waals surface area contributed by atoms with Crippen LogP contribution in [0, 0.1) is 40.7 Å². The number of non-ortho nitro benzene ring substituents is 1. The molecule has 0 aromatic heterocycles. The number of aryl methyl sites for hydroxylation is 1. The van der Waals surface area contributed by atoms with E-state index in [-0.39, 0.29) is 30.0 Å². The van der Waals surface area contributed by atoms with Gasteiger partial charge in [-0.15, -0.1) is 0 Å². The second-order valence-electron chi connectivity index (χ2n) is 13.8. The number of amides is 4. The van der Waals surface area contributed by atoms with Gasteiger partial charge in [-0.2, -0.15) is 5.01 Å². The lowest BCUT2D eigenvalue weighted by molar-refractivity contribution is -0.384. The van der Waals surface area contributed by atoms with Gasteiger partial charge in [0.15, 0.2) is 0 Å². The number of carbonyl (C=O) groups is 4. The number of ether oxygens (including phenoxy) is 1. The lowest BCUT2D eigenvalue weighted by Crippen LogP contribution is -2.53. The molecule has 3 fully saturated rings. The summed E-state index contributed by atoms with van der Waals surface area (Å²) in [4.78, 5) is 70.5. The highest BCUT2D eigenvalue weighted by atomic mass is 16.6. The molecule has 1 saturated carbocycles. The first-order valence-electron chi connectivity index (χ1n) is 17.0. The summed E-state index contributed by atoms with van der Waals surface area (Å²) in [5.74, 6) is -6.10. The second-order valence-corrected chi connectivity index (χ2v) is 13.8. The number of phenolic OH excluding ortho intramolecular Hbond substituents is 1. The standard InChI is InChI=1S/C40H34N4O8/c1-22-11-13-24(14-12-22)41-43-37(47)32-21-31-28(17-18-30-34(31)38(48)42(36(30)46)25-9-6-10-26(19-25)44(50)51)35(29-16-15-27(52-2)20-33(29)45)40(32,39(43)49)23-7-4-3-5-8-23/h3-17,19-20,30-32,34-35,41,45H,18,21H2,1-2H3. The number of fused-ring (bicyclic) bond motifs is 4. The highest BCUT2D eigenvalue weighted by Gasteiger charge is 2.70. The van der Waals surface area contributed by atoms with Crippen molar-refractivity contribution >= 4 is 40.7 Å². The molecule has 4 aromatic rings. The van der Waals surface area contributed by atoms with E-state index in [1.165, 1.54) is 37.4 Å². The van der Waals surface area contributed by atoms with Crippen LogP contribution in [-0.4, -0.2) is 45.8 Å². The number of hydrazine groups is 1. The van der Waals surface area contributed by atoms with Crippen molar-refractivity contribution in [3.05, 3.63) is 136 Å². The number of methoxy groups -OCH3 is 1. The molecule has 52 heavy (non-hydrogen) atoms. The van der Waals surface area contributed by atoms with Crippen molar-refractivity contribution in [2.45, 2.75) is 31.1 Å². The normalized spacial score (nSPS) is 26.4. The maximum atomic E-state index is 15.2. The summed E-state index contributed by atoms with van der Waals surface area (Å²) < 4.78 is 5.39. The van der Waals surface area contributed by atoms with Crippen LogP contribution < -0.4 is 15.1 Å². The highest BCUT2D eigenvalue weighted by molar-refractivity contribution is 6.22. The first-order valence-corrected chi connectivity index (χ1v) is 17.0. The number of nitrogens with zero attached hydrogens (tertiary/aromatic N) is 3. The number of imide groups is 2. The zero-order valence-corrected chi connectivity index (χ0v) is 28.3. The molecule has 6 unspecified atom stereocenters. The average molecular weight is 699 g/mol. The van der Waals surface area contributed by atoms with E-state index >= 15 is 4.79 Å². The second kappa shape index (κ2) is 12.2. The molecule has 2 N–H and O–H groups in total. The SMILES string of the molecule is COc1ccc(C2C3=CCC4C(=O)N(c5cccc([N+](=O)[O-])c5)C(=O)C4C3CC3C(=O)N(Nc4ccc(C)cc4)C(=O)C32c2ccccc2)c(O)c1. The minimum absolute atomic E-state index is 0.0633. The van der Waals surface area contributed by atoms with E-state index in [0.717, 1.165) is 15.5 Å². The van der Waals surface area contributed by atoms with Gasteiger partial charge >= 0.3 is 0 Å². The molecule has 4 aliphatic rings. The smallest absolute Gasteiger partial charge is 0.271 e. The Morgan fingerprint density at radius 1 is 0.885 bits per heavy atom. The zero-order chi connectivity index (χ0) is 36.5. The number of hydrogen-bond acceptors (Lipinski definition) is 9. The molecule has 0 spiro atoms. The van der Waals surface area contributed by atoms with Gasteiger partial charge in [0.1, 0.15) is 11.5 Å². The summed E-state index contributed by atoms with van der Waals surface area (Å²) in [5.41, 5.74) is 4.47. The Bertz CT molecular complexity index is 2200. The number of benzene rings is 4. The topological polar surface area (TPSA) is 159 Å². The van der Waals surface area contributed by atoms with Crippen molar-refractivity contribution in [1.82, 2.24) is 5.01 Å². The van der Waals surface area contributed by atoms with Gasteiger partial charge in [0, 0.05) is 29.7 Å². The summed E-state index contributed by atoms with van der Waals surface area (Å²) >= 11 is 0. The summed E-state index contributed by atoms with van der Waals surface area (Å²) in [7, 11) is 1.47. The van der Waals surface area contributed by atoms with Crippen molar-refractivity contribution < 1.29 is 33.9 Å². The minimum Gasteiger partial charge on any atom is -0.508 e. The molecule has 8 rings (SSSR count). The Morgan fingerprint density at radius 3 is 2.33 bits per heavy atom. The fourth-order valence-electron chi connectivity index (χ4n) is 8.99. The van der Waals surface area contributed by atoms with E-state index in [9.17, 15) is 29.6 Å². The predicted molar refractivity (Wildman–Crippen MR) is 189 cm³/mol. The number of rotatable bonds is 7. The van der Waals surface area contributed by atoms with E-state index in [4.69, 9.17) is 4.74 Å². The van der Waals surface area contributed by atoms with Gasteiger partial charge < -0.3 is 9.84 Å². The molecule has 2 saturated heterocycles. The summed E-state index contributed by atoms with van der Waals surface area (Å²) in [6, 6.07) is 26.5. The van der Waals surface area contributed by atoms with Crippen molar-refractivity contribution in [2.24, 2.45) is 23.7 Å². The summed E-state index contributed by atoms with van der Waals surface area (Å²) in [6.45, 7) is 1.93. The van der Waals surface area contributed by atoms with Crippen LogP contribution >= 0.6 is 0 Å². The molecule has 262 valence electrons. The number of hydrogen-bond donors (Lipinski definition) is 2. The lowest BCUT2D eigenvalue weighted by atomic mass is 9.49. The highest BCUT2D eigenvalue weighted by Crippen LogP contribution is 2.65. The van der Waals surface area contributed by atoms with Crippen LogP contribution in [-0.2, 0) is 24.6 Å². The van der Waals surface area contributed by atoms with Gasteiger partial charge in [-0.1, -0.05) is 71.8 Å². The third-order valence-electron chi connectivity index (χ3n) is 11.2. The molecule has 2 heterocycles. The molecule has 4 amide bonds. The van der Waals surface area contributed by atoms with Crippen LogP contribution in [0.25, 0.3) is 0 Å². The molecule has 2 aliphatic carbocycles. The molecule has 12 heteroatoms. The van der Waals surface area contributed by atoms with E-state index < -0.39 is 63.6 Å². The molecular formula is C40H34N4O8. The first kappa shape index (κ1) is 32.9. The van der Waals surface area contributed by atoms with Gasteiger partial charge in [-0.05, 0) is 55.5 Å². The number of nitro groups is 1. The van der Waals surface area contributed by atoms with E-state index in [2.05, 4.69) is 5.43 Å². The third-order valence-corrected chi connectivity index (χ3v) is 11.2. The van der Waals surface area contributed by atoms with Crippen LogP contribution in [0.5, 0.6) is 11.5 Å². The van der Waals surface area contributed by atoms with E-state index in [0.29, 0.717) is 28.1 Å². The van der Waals surface area contributed by atoms with Crippen molar-refractivity contribution in [3.8, 4) is 11.5 Å².